The number of nitrogens with zero attached hydrogens (tertiary/aromatic N) is 1. The first-order chi connectivity index (χ1) is 7.90. The summed E-state index contributed by atoms with van der Waals surface area (Å²) in [4.78, 5) is 2.66. The molecule has 0 spiro atoms. The zero-order valence-corrected chi connectivity index (χ0v) is 10.9. The molecule has 3 heteroatoms. The summed E-state index contributed by atoms with van der Waals surface area (Å²) >= 11 is 1.81. The van der Waals surface area contributed by atoms with Crippen LogP contribution in [0.5, 0.6) is 0 Å². The Balaban J connectivity index is 1.82. The zero-order chi connectivity index (χ0) is 11.2. The Morgan fingerprint density at radius 2 is 2.44 bits per heavy atom. The second-order valence-corrected chi connectivity index (χ2v) is 5.34. The van der Waals surface area contributed by atoms with E-state index < -0.39 is 0 Å². The lowest BCUT2D eigenvalue weighted by molar-refractivity contribution is 0.211. The molecule has 2 heterocycles. The predicted molar refractivity (Wildman–Crippen MR) is 71.2 cm³/mol. The molecule has 1 aromatic rings. The van der Waals surface area contributed by atoms with E-state index in [1.54, 1.807) is 11.3 Å². The van der Waals surface area contributed by atoms with Crippen molar-refractivity contribution >= 4 is 11.3 Å². The van der Waals surface area contributed by atoms with Crippen LogP contribution in [-0.4, -0.2) is 37.1 Å². The smallest absolute Gasteiger partial charge is 0.0232 e. The molecule has 0 aromatic carbocycles. The Morgan fingerprint density at radius 1 is 1.50 bits per heavy atom. The van der Waals surface area contributed by atoms with Crippen molar-refractivity contribution in [2.24, 2.45) is 0 Å². The number of hydrogen-bond donors (Lipinski definition) is 1. The molecule has 1 aliphatic rings. The molecule has 0 amide bonds. The van der Waals surface area contributed by atoms with E-state index in [1.807, 2.05) is 0 Å². The Labute approximate surface area is 103 Å². The molecule has 1 atom stereocenters. The summed E-state index contributed by atoms with van der Waals surface area (Å²) in [6.07, 6.45) is 3.80. The Hall–Kier alpha value is -0.380. The van der Waals surface area contributed by atoms with Crippen molar-refractivity contribution in [1.29, 1.82) is 0 Å². The molecule has 0 bridgehead atoms. The number of rotatable bonds is 6. The maximum atomic E-state index is 3.46. The van der Waals surface area contributed by atoms with E-state index in [4.69, 9.17) is 0 Å². The van der Waals surface area contributed by atoms with Gasteiger partial charge in [-0.05, 0) is 54.7 Å². The summed E-state index contributed by atoms with van der Waals surface area (Å²) in [5.74, 6) is 0. The van der Waals surface area contributed by atoms with Gasteiger partial charge in [0.15, 0.2) is 0 Å². The average molecular weight is 238 g/mol. The van der Waals surface area contributed by atoms with E-state index in [0.29, 0.717) is 0 Å². The fourth-order valence-electron chi connectivity index (χ4n) is 2.42. The van der Waals surface area contributed by atoms with Crippen LogP contribution >= 0.6 is 11.3 Å². The normalized spacial score (nSPS) is 20.8. The Bertz CT molecular complexity index is 278. The molecule has 0 radical (unpaired) electrons. The van der Waals surface area contributed by atoms with E-state index in [2.05, 4.69) is 34.0 Å². The van der Waals surface area contributed by atoms with E-state index in [0.717, 1.165) is 6.04 Å². The van der Waals surface area contributed by atoms with Gasteiger partial charge in [0.1, 0.15) is 0 Å². The van der Waals surface area contributed by atoms with E-state index in [-0.39, 0.29) is 0 Å². The van der Waals surface area contributed by atoms with Crippen LogP contribution in [0.2, 0.25) is 0 Å². The number of hydrogen-bond acceptors (Lipinski definition) is 3. The highest BCUT2D eigenvalue weighted by atomic mass is 32.1. The molecule has 0 saturated carbocycles. The molecular formula is C13H22N2S. The minimum absolute atomic E-state index is 0.776. The highest BCUT2D eigenvalue weighted by Crippen LogP contribution is 2.12. The van der Waals surface area contributed by atoms with Crippen LogP contribution in [0.4, 0.5) is 0 Å². The summed E-state index contributed by atoms with van der Waals surface area (Å²) in [5, 5.41) is 7.92. The van der Waals surface area contributed by atoms with Crippen LogP contribution in [0, 0.1) is 0 Å². The van der Waals surface area contributed by atoms with Gasteiger partial charge in [-0.2, -0.15) is 11.3 Å². The summed E-state index contributed by atoms with van der Waals surface area (Å²) in [6.45, 7) is 7.13. The summed E-state index contributed by atoms with van der Waals surface area (Å²) in [6, 6.07) is 3.03. The Kier molecular flexibility index (Phi) is 4.82. The van der Waals surface area contributed by atoms with Gasteiger partial charge in [-0.3, -0.25) is 4.90 Å². The first-order valence-electron chi connectivity index (χ1n) is 6.36. The molecule has 2 nitrogen and oxygen atoms in total. The largest absolute Gasteiger partial charge is 0.315 e. The van der Waals surface area contributed by atoms with E-state index in [1.165, 1.54) is 51.0 Å². The Morgan fingerprint density at radius 3 is 3.06 bits per heavy atom. The molecule has 1 N–H and O–H groups in total. The lowest BCUT2D eigenvalue weighted by Crippen LogP contribution is -2.38. The minimum atomic E-state index is 0.776. The fraction of sp³-hybridized carbons (Fsp3) is 0.692. The molecule has 1 saturated heterocycles. The molecule has 1 unspecified atom stereocenters. The number of thiophene rings is 1. The highest BCUT2D eigenvalue weighted by Gasteiger charge is 2.21. The molecule has 1 aliphatic heterocycles. The maximum absolute atomic E-state index is 3.46. The SMILES string of the molecule is CCCN(CCc1ccsc1)C1CCNC1. The second kappa shape index (κ2) is 6.38. The molecular weight excluding hydrogens is 216 g/mol. The van der Waals surface area contributed by atoms with E-state index in [9.17, 15) is 0 Å². The van der Waals surface area contributed by atoms with Crippen LogP contribution < -0.4 is 5.32 Å². The van der Waals surface area contributed by atoms with Gasteiger partial charge in [0.2, 0.25) is 0 Å². The van der Waals surface area contributed by atoms with Gasteiger partial charge in [0, 0.05) is 19.1 Å². The third kappa shape index (κ3) is 3.30. The highest BCUT2D eigenvalue weighted by molar-refractivity contribution is 7.07. The maximum Gasteiger partial charge on any atom is 0.0232 e. The van der Waals surface area contributed by atoms with Gasteiger partial charge >= 0.3 is 0 Å². The van der Waals surface area contributed by atoms with Crippen LogP contribution in [-0.2, 0) is 6.42 Å². The quantitative estimate of drug-likeness (QED) is 0.818. The van der Waals surface area contributed by atoms with Gasteiger partial charge in [-0.25, -0.2) is 0 Å². The minimum Gasteiger partial charge on any atom is -0.315 e. The van der Waals surface area contributed by atoms with Crippen LogP contribution in [0.3, 0.4) is 0 Å². The average Bonchev–Trinajstić information content (AvgIpc) is 2.96. The van der Waals surface area contributed by atoms with Crippen molar-refractivity contribution in [3.63, 3.8) is 0 Å². The zero-order valence-electron chi connectivity index (χ0n) is 10.1. The first-order valence-corrected chi connectivity index (χ1v) is 7.30. The standard InChI is InChI=1S/C13H22N2S/c1-2-7-15(13-3-6-14-10-13)8-4-12-5-9-16-11-12/h5,9,11,13-14H,2-4,6-8,10H2,1H3. The van der Waals surface area contributed by atoms with Crippen molar-refractivity contribution < 1.29 is 0 Å². The van der Waals surface area contributed by atoms with Gasteiger partial charge < -0.3 is 5.32 Å². The van der Waals surface area contributed by atoms with Crippen LogP contribution in [0.25, 0.3) is 0 Å². The molecule has 2 rings (SSSR count). The van der Waals surface area contributed by atoms with Crippen molar-refractivity contribution in [2.75, 3.05) is 26.2 Å². The molecule has 90 valence electrons. The van der Waals surface area contributed by atoms with E-state index >= 15 is 0 Å². The second-order valence-electron chi connectivity index (χ2n) is 4.56. The number of nitrogens with one attached hydrogen (secondary N) is 1. The predicted octanol–water partition coefficient (Wildman–Crippen LogP) is 2.36. The van der Waals surface area contributed by atoms with Gasteiger partial charge in [-0.1, -0.05) is 6.92 Å². The van der Waals surface area contributed by atoms with Crippen LogP contribution in [0.1, 0.15) is 25.3 Å². The van der Waals surface area contributed by atoms with Crippen molar-refractivity contribution in [1.82, 2.24) is 10.2 Å². The third-order valence-corrected chi connectivity index (χ3v) is 4.06. The summed E-state index contributed by atoms with van der Waals surface area (Å²) in [7, 11) is 0. The van der Waals surface area contributed by atoms with Gasteiger partial charge in [0.25, 0.3) is 0 Å². The van der Waals surface area contributed by atoms with Crippen LogP contribution in [0.15, 0.2) is 16.8 Å². The first kappa shape index (κ1) is 12.1. The van der Waals surface area contributed by atoms with Gasteiger partial charge in [-0.15, -0.1) is 0 Å². The molecule has 1 fully saturated rings. The topological polar surface area (TPSA) is 15.3 Å². The van der Waals surface area contributed by atoms with Crippen molar-refractivity contribution in [2.45, 2.75) is 32.2 Å². The summed E-state index contributed by atoms with van der Waals surface area (Å²) in [5.41, 5.74) is 1.50. The molecule has 0 aliphatic carbocycles. The lowest BCUT2D eigenvalue weighted by atomic mass is 10.1. The monoisotopic (exact) mass is 238 g/mol. The molecule has 1 aromatic heterocycles. The van der Waals surface area contributed by atoms with Gasteiger partial charge in [0.05, 0.1) is 0 Å². The van der Waals surface area contributed by atoms with Crippen molar-refractivity contribution in [3.8, 4) is 0 Å². The third-order valence-electron chi connectivity index (χ3n) is 3.33. The lowest BCUT2D eigenvalue weighted by Gasteiger charge is -2.27. The fourth-order valence-corrected chi connectivity index (χ4v) is 3.13. The summed E-state index contributed by atoms with van der Waals surface area (Å²) < 4.78 is 0. The van der Waals surface area contributed by atoms with Crippen molar-refractivity contribution in [3.05, 3.63) is 22.4 Å². The molecule has 16 heavy (non-hydrogen) atoms.